The second kappa shape index (κ2) is 9.57. The highest BCUT2D eigenvalue weighted by atomic mass is 32.2. The zero-order chi connectivity index (χ0) is 22.8. The molecule has 172 valence electrons. The lowest BCUT2D eigenvalue weighted by Crippen LogP contribution is -2.40. The van der Waals surface area contributed by atoms with Crippen LogP contribution in [0.1, 0.15) is 25.0 Å². The van der Waals surface area contributed by atoms with Crippen molar-refractivity contribution in [2.75, 3.05) is 36.1 Å². The molecular formula is C25H29N5O2S. The maximum Gasteiger partial charge on any atom is 0.240 e. The minimum absolute atomic E-state index is 0.111. The molecule has 33 heavy (non-hydrogen) atoms. The van der Waals surface area contributed by atoms with E-state index in [-0.39, 0.29) is 17.2 Å². The minimum Gasteiger partial charge on any atom is -0.378 e. The molecular weight excluding hydrogens is 434 g/mol. The van der Waals surface area contributed by atoms with Gasteiger partial charge in [0.25, 0.3) is 0 Å². The van der Waals surface area contributed by atoms with Crippen LogP contribution in [0.5, 0.6) is 0 Å². The first-order chi connectivity index (χ1) is 16.1. The van der Waals surface area contributed by atoms with Crippen molar-refractivity contribution >= 4 is 29.3 Å². The summed E-state index contributed by atoms with van der Waals surface area (Å²) in [4.78, 5) is 17.7. The minimum atomic E-state index is -0.283. The lowest BCUT2D eigenvalue weighted by Gasteiger charge is -2.28. The summed E-state index contributed by atoms with van der Waals surface area (Å²) in [7, 11) is 0. The van der Waals surface area contributed by atoms with Crippen LogP contribution in [-0.4, -0.2) is 58.3 Å². The van der Waals surface area contributed by atoms with Gasteiger partial charge in [-0.2, -0.15) is 0 Å². The van der Waals surface area contributed by atoms with Crippen LogP contribution < -0.4 is 9.80 Å². The number of hydrogen-bond donors (Lipinski definition) is 0. The van der Waals surface area contributed by atoms with Gasteiger partial charge in [-0.25, -0.2) is 0 Å². The highest BCUT2D eigenvalue weighted by Gasteiger charge is 2.34. The van der Waals surface area contributed by atoms with Gasteiger partial charge in [0.15, 0.2) is 5.16 Å². The topological polar surface area (TPSA) is 63.5 Å². The van der Waals surface area contributed by atoms with Crippen LogP contribution in [-0.2, 0) is 22.5 Å². The number of fused-ring (bicyclic) bond motifs is 1. The number of aromatic nitrogens is 3. The molecule has 1 fully saturated rings. The van der Waals surface area contributed by atoms with Gasteiger partial charge in [0, 0.05) is 24.8 Å². The van der Waals surface area contributed by atoms with E-state index in [1.54, 1.807) is 0 Å². The van der Waals surface area contributed by atoms with Crippen molar-refractivity contribution in [3.8, 4) is 0 Å². The summed E-state index contributed by atoms with van der Waals surface area (Å²) in [6.45, 7) is 7.68. The summed E-state index contributed by atoms with van der Waals surface area (Å²) >= 11 is 1.49. The van der Waals surface area contributed by atoms with Gasteiger partial charge in [-0.1, -0.05) is 60.3 Å². The Hall–Kier alpha value is -2.84. The molecule has 1 aromatic heterocycles. The van der Waals surface area contributed by atoms with Crippen LogP contribution in [0.4, 0.5) is 11.6 Å². The number of nitrogens with zero attached hydrogens (tertiary/aromatic N) is 5. The number of morpholine rings is 1. The van der Waals surface area contributed by atoms with E-state index >= 15 is 0 Å². The average molecular weight is 464 g/mol. The highest BCUT2D eigenvalue weighted by molar-refractivity contribution is 8.00. The smallest absolute Gasteiger partial charge is 0.240 e. The van der Waals surface area contributed by atoms with Crippen LogP contribution in [0.3, 0.4) is 0 Å². The van der Waals surface area contributed by atoms with Gasteiger partial charge in [0.2, 0.25) is 11.9 Å². The number of para-hydroxylation sites is 1. The van der Waals surface area contributed by atoms with Crippen molar-refractivity contribution in [3.63, 3.8) is 0 Å². The Labute approximate surface area is 198 Å². The van der Waals surface area contributed by atoms with Gasteiger partial charge >= 0.3 is 0 Å². The normalized spacial score (nSPS) is 18.9. The van der Waals surface area contributed by atoms with Crippen LogP contribution in [0, 0.1) is 0 Å². The molecule has 0 N–H and O–H groups in total. The monoisotopic (exact) mass is 463 g/mol. The number of anilines is 2. The van der Waals surface area contributed by atoms with Crippen LogP contribution in [0.25, 0.3) is 0 Å². The molecule has 8 heteroatoms. The van der Waals surface area contributed by atoms with E-state index in [4.69, 9.17) is 4.74 Å². The molecule has 7 nitrogen and oxygen atoms in total. The molecule has 2 aliphatic heterocycles. The molecule has 0 bridgehead atoms. The summed E-state index contributed by atoms with van der Waals surface area (Å²) in [5, 5.41) is 9.54. The van der Waals surface area contributed by atoms with Crippen molar-refractivity contribution in [2.45, 2.75) is 43.3 Å². The number of amides is 1. The number of carbonyl (C=O) groups excluding carboxylic acids is 1. The van der Waals surface area contributed by atoms with E-state index in [1.807, 2.05) is 48.2 Å². The lowest BCUT2D eigenvalue weighted by atomic mass is 10.1. The molecule has 0 saturated carbocycles. The zero-order valence-electron chi connectivity index (χ0n) is 19.1. The maximum absolute atomic E-state index is 13.5. The molecule has 1 amide bonds. The SMILES string of the molecule is C[C@H](Sc1nnc(N2CCOCC2)n1Cc1ccccc1)C(=O)N1c2ccccc2C[C@@H]1C. The van der Waals surface area contributed by atoms with Crippen molar-refractivity contribution in [1.29, 1.82) is 0 Å². The quantitative estimate of drug-likeness (QED) is 0.521. The predicted molar refractivity (Wildman–Crippen MR) is 131 cm³/mol. The fourth-order valence-corrected chi connectivity index (χ4v) is 5.47. The third kappa shape index (κ3) is 4.50. The standard InChI is InChI=1S/C25H29N5O2S/c1-18-16-21-10-6-7-11-22(21)30(18)23(31)19(2)33-25-27-26-24(28-12-14-32-15-13-28)29(25)17-20-8-4-3-5-9-20/h3-11,18-19H,12-17H2,1-2H3/t18-,19-/m0/s1. The third-order valence-electron chi connectivity index (χ3n) is 6.25. The summed E-state index contributed by atoms with van der Waals surface area (Å²) < 4.78 is 7.66. The Bertz CT molecular complexity index is 1110. The predicted octanol–water partition coefficient (Wildman–Crippen LogP) is 3.62. The Morgan fingerprint density at radius 2 is 1.82 bits per heavy atom. The number of thioether (sulfide) groups is 1. The first-order valence-electron chi connectivity index (χ1n) is 11.5. The van der Waals surface area contributed by atoms with E-state index in [1.165, 1.54) is 22.9 Å². The summed E-state index contributed by atoms with van der Waals surface area (Å²) in [6.07, 6.45) is 0.894. The van der Waals surface area contributed by atoms with Gasteiger partial charge < -0.3 is 14.5 Å². The summed E-state index contributed by atoms with van der Waals surface area (Å²) in [5.74, 6) is 0.948. The second-order valence-corrected chi connectivity index (χ2v) is 9.91. The van der Waals surface area contributed by atoms with E-state index in [2.05, 4.69) is 44.8 Å². The molecule has 0 unspecified atom stereocenters. The van der Waals surface area contributed by atoms with E-state index < -0.39 is 0 Å². The molecule has 5 rings (SSSR count). The van der Waals surface area contributed by atoms with Crippen LogP contribution >= 0.6 is 11.8 Å². The first kappa shape index (κ1) is 22.0. The molecule has 2 aromatic carbocycles. The zero-order valence-corrected chi connectivity index (χ0v) is 19.9. The van der Waals surface area contributed by atoms with Gasteiger partial charge in [0.1, 0.15) is 0 Å². The van der Waals surface area contributed by atoms with Crippen molar-refractivity contribution in [2.24, 2.45) is 0 Å². The molecule has 2 atom stereocenters. The maximum atomic E-state index is 13.5. The van der Waals surface area contributed by atoms with E-state index in [9.17, 15) is 4.79 Å². The molecule has 0 aliphatic carbocycles. The molecule has 2 aliphatic rings. The van der Waals surface area contributed by atoms with Crippen molar-refractivity contribution in [3.05, 3.63) is 65.7 Å². The first-order valence-corrected chi connectivity index (χ1v) is 12.4. The summed E-state index contributed by atoms with van der Waals surface area (Å²) in [5.41, 5.74) is 3.44. The van der Waals surface area contributed by atoms with E-state index in [0.29, 0.717) is 19.8 Å². The molecule has 0 radical (unpaired) electrons. The summed E-state index contributed by atoms with van der Waals surface area (Å²) in [6, 6.07) is 18.7. The molecule has 0 spiro atoms. The number of ether oxygens (including phenoxy) is 1. The fraction of sp³-hybridized carbons (Fsp3) is 0.400. The largest absolute Gasteiger partial charge is 0.378 e. The Morgan fingerprint density at radius 1 is 1.09 bits per heavy atom. The number of hydrogen-bond acceptors (Lipinski definition) is 6. The van der Waals surface area contributed by atoms with Crippen LogP contribution in [0.2, 0.25) is 0 Å². The van der Waals surface area contributed by atoms with Gasteiger partial charge in [-0.15, -0.1) is 10.2 Å². The molecule has 3 aromatic rings. The Morgan fingerprint density at radius 3 is 2.61 bits per heavy atom. The Kier molecular flexibility index (Phi) is 6.37. The molecule has 1 saturated heterocycles. The number of benzene rings is 2. The lowest BCUT2D eigenvalue weighted by molar-refractivity contribution is -0.118. The highest BCUT2D eigenvalue weighted by Crippen LogP contribution is 2.35. The third-order valence-corrected chi connectivity index (χ3v) is 7.32. The Balaban J connectivity index is 1.40. The number of carbonyl (C=O) groups is 1. The van der Waals surface area contributed by atoms with Crippen molar-refractivity contribution < 1.29 is 9.53 Å². The van der Waals surface area contributed by atoms with E-state index in [0.717, 1.165) is 36.3 Å². The van der Waals surface area contributed by atoms with Gasteiger partial charge in [-0.3, -0.25) is 9.36 Å². The second-order valence-electron chi connectivity index (χ2n) is 8.60. The fourth-order valence-electron chi connectivity index (χ4n) is 4.58. The number of rotatable bonds is 6. The average Bonchev–Trinajstić information content (AvgIpc) is 3.39. The van der Waals surface area contributed by atoms with Crippen molar-refractivity contribution in [1.82, 2.24) is 14.8 Å². The van der Waals surface area contributed by atoms with Gasteiger partial charge in [-0.05, 0) is 37.5 Å². The molecule has 3 heterocycles. The van der Waals surface area contributed by atoms with Crippen LogP contribution in [0.15, 0.2) is 59.8 Å². The van der Waals surface area contributed by atoms with Gasteiger partial charge in [0.05, 0.1) is 25.0 Å².